The van der Waals surface area contributed by atoms with Crippen LogP contribution in [0.25, 0.3) is 0 Å². The molecule has 4 N–H and O–H groups in total. The van der Waals surface area contributed by atoms with Crippen LogP contribution >= 0.6 is 0 Å². The summed E-state index contributed by atoms with van der Waals surface area (Å²) in [6.07, 6.45) is 0. The van der Waals surface area contributed by atoms with Crippen molar-refractivity contribution in [2.75, 3.05) is 13.6 Å². The summed E-state index contributed by atoms with van der Waals surface area (Å²) in [5.41, 5.74) is 5.62. The second kappa shape index (κ2) is 7.05. The van der Waals surface area contributed by atoms with Crippen molar-refractivity contribution in [1.29, 1.82) is 0 Å². The van der Waals surface area contributed by atoms with Gasteiger partial charge in [0.05, 0.1) is 17.5 Å². The van der Waals surface area contributed by atoms with Crippen molar-refractivity contribution in [3.05, 3.63) is 29.8 Å². The third-order valence-corrected chi connectivity index (χ3v) is 4.07. The minimum Gasteiger partial charge on any atom is -0.358 e. The summed E-state index contributed by atoms with van der Waals surface area (Å²) in [6, 6.07) is 5.41. The molecule has 0 aliphatic carbocycles. The van der Waals surface area contributed by atoms with Gasteiger partial charge in [-0.3, -0.25) is 4.79 Å². The number of sulfonamides is 1. The molecule has 0 saturated heterocycles. The zero-order valence-corrected chi connectivity index (χ0v) is 12.1. The van der Waals surface area contributed by atoms with Gasteiger partial charge in [0.25, 0.3) is 0 Å². The third kappa shape index (κ3) is 4.06. The highest BCUT2D eigenvalue weighted by atomic mass is 32.2. The molecule has 7 heteroatoms. The molecule has 20 heavy (non-hydrogen) atoms. The average molecular weight is 295 g/mol. The predicted molar refractivity (Wildman–Crippen MR) is 76.2 cm³/mol. The van der Waals surface area contributed by atoms with E-state index < -0.39 is 22.0 Å². The maximum Gasteiger partial charge on any atom is 0.242 e. The van der Waals surface area contributed by atoms with E-state index in [9.17, 15) is 13.2 Å². The quantitative estimate of drug-likeness (QED) is 0.646. The summed E-state index contributed by atoms with van der Waals surface area (Å²) in [4.78, 5) is 11.4. The zero-order valence-electron chi connectivity index (χ0n) is 11.3. The van der Waals surface area contributed by atoms with E-state index in [2.05, 4.69) is 21.9 Å². The predicted octanol–water partition coefficient (Wildman–Crippen LogP) is -0.590. The molecule has 0 aromatic heterocycles. The molecule has 1 unspecified atom stereocenters. The van der Waals surface area contributed by atoms with Crippen LogP contribution in [0.1, 0.15) is 12.5 Å². The van der Waals surface area contributed by atoms with Gasteiger partial charge in [0, 0.05) is 12.6 Å². The lowest BCUT2D eigenvalue weighted by Gasteiger charge is -2.13. The standard InChI is InChI=1S/C13H17N3O3S/c1-10(13(17)15-2)16-20(18,19)12-8-4-3-6-11(12)7-5-9-14/h3-4,6,8,10,16H,9,14H2,1-2H3,(H,15,17). The lowest BCUT2D eigenvalue weighted by Crippen LogP contribution is -2.43. The molecule has 0 aliphatic rings. The Bertz CT molecular complexity index is 644. The van der Waals surface area contributed by atoms with Crippen molar-refractivity contribution in [3.63, 3.8) is 0 Å². The van der Waals surface area contributed by atoms with Gasteiger partial charge in [0.1, 0.15) is 0 Å². The fourth-order valence-corrected chi connectivity index (χ4v) is 2.88. The number of hydrogen-bond acceptors (Lipinski definition) is 4. The van der Waals surface area contributed by atoms with Crippen molar-refractivity contribution in [3.8, 4) is 11.8 Å². The van der Waals surface area contributed by atoms with Crippen LogP contribution in [-0.4, -0.2) is 34.0 Å². The Morgan fingerprint density at radius 3 is 2.65 bits per heavy atom. The van der Waals surface area contributed by atoms with E-state index in [-0.39, 0.29) is 11.4 Å². The first-order chi connectivity index (χ1) is 9.42. The van der Waals surface area contributed by atoms with Crippen LogP contribution in [-0.2, 0) is 14.8 Å². The normalized spacial score (nSPS) is 12.2. The number of rotatable bonds is 4. The van der Waals surface area contributed by atoms with E-state index in [0.717, 1.165) is 0 Å². The van der Waals surface area contributed by atoms with Gasteiger partial charge in [-0.15, -0.1) is 0 Å². The van der Waals surface area contributed by atoms with Crippen molar-refractivity contribution in [2.45, 2.75) is 17.9 Å². The number of nitrogens with one attached hydrogen (secondary N) is 2. The highest BCUT2D eigenvalue weighted by Crippen LogP contribution is 2.14. The molecule has 1 atom stereocenters. The van der Waals surface area contributed by atoms with Crippen LogP contribution in [0, 0.1) is 11.8 Å². The SMILES string of the molecule is CNC(=O)C(C)NS(=O)(=O)c1ccccc1C#CCN. The monoisotopic (exact) mass is 295 g/mol. The smallest absolute Gasteiger partial charge is 0.242 e. The molecule has 1 rings (SSSR count). The minimum absolute atomic E-state index is 0.0247. The van der Waals surface area contributed by atoms with E-state index in [4.69, 9.17) is 5.73 Å². The maximum absolute atomic E-state index is 12.3. The Kier molecular flexibility index (Phi) is 5.70. The van der Waals surface area contributed by atoms with Crippen molar-refractivity contribution in [1.82, 2.24) is 10.0 Å². The van der Waals surface area contributed by atoms with E-state index >= 15 is 0 Å². The van der Waals surface area contributed by atoms with Crippen LogP contribution in [0.3, 0.4) is 0 Å². The number of likely N-dealkylation sites (N-methyl/N-ethyl adjacent to an activating group) is 1. The molecular weight excluding hydrogens is 278 g/mol. The molecule has 0 aliphatic heterocycles. The molecule has 108 valence electrons. The van der Waals surface area contributed by atoms with Crippen LogP contribution in [0.15, 0.2) is 29.2 Å². The van der Waals surface area contributed by atoms with Crippen LogP contribution in [0.4, 0.5) is 0 Å². The lowest BCUT2D eigenvalue weighted by molar-refractivity contribution is -0.121. The second-order valence-electron chi connectivity index (χ2n) is 3.96. The zero-order chi connectivity index (χ0) is 15.2. The van der Waals surface area contributed by atoms with E-state index in [1.807, 2.05) is 0 Å². The Hall–Kier alpha value is -1.88. The van der Waals surface area contributed by atoms with E-state index in [1.165, 1.54) is 20.0 Å². The summed E-state index contributed by atoms with van der Waals surface area (Å²) >= 11 is 0. The van der Waals surface area contributed by atoms with Gasteiger partial charge in [0.15, 0.2) is 0 Å². The molecule has 0 bridgehead atoms. The first-order valence-corrected chi connectivity index (χ1v) is 7.42. The molecule has 1 amide bonds. The topological polar surface area (TPSA) is 101 Å². The number of carbonyl (C=O) groups excluding carboxylic acids is 1. The molecular formula is C13H17N3O3S. The molecule has 1 aromatic carbocycles. The molecule has 0 saturated carbocycles. The second-order valence-corrected chi connectivity index (χ2v) is 5.64. The Morgan fingerprint density at radius 2 is 2.05 bits per heavy atom. The van der Waals surface area contributed by atoms with Gasteiger partial charge >= 0.3 is 0 Å². The van der Waals surface area contributed by atoms with Gasteiger partial charge in [-0.05, 0) is 19.1 Å². The Morgan fingerprint density at radius 1 is 1.40 bits per heavy atom. The number of amides is 1. The fraction of sp³-hybridized carbons (Fsp3) is 0.308. The van der Waals surface area contributed by atoms with Crippen molar-refractivity contribution >= 4 is 15.9 Å². The first kappa shape index (κ1) is 16.2. The fourth-order valence-electron chi connectivity index (χ4n) is 1.52. The lowest BCUT2D eigenvalue weighted by atomic mass is 10.2. The molecule has 6 nitrogen and oxygen atoms in total. The van der Waals surface area contributed by atoms with E-state index in [0.29, 0.717) is 5.56 Å². The third-order valence-electron chi connectivity index (χ3n) is 2.47. The number of benzene rings is 1. The van der Waals surface area contributed by atoms with E-state index in [1.54, 1.807) is 18.2 Å². The summed E-state index contributed by atoms with van der Waals surface area (Å²) in [7, 11) is -2.39. The van der Waals surface area contributed by atoms with Gasteiger partial charge in [-0.1, -0.05) is 24.0 Å². The highest BCUT2D eigenvalue weighted by Gasteiger charge is 2.23. The summed E-state index contributed by atoms with van der Waals surface area (Å²) < 4.78 is 26.8. The summed E-state index contributed by atoms with van der Waals surface area (Å²) in [5.74, 6) is 4.89. The van der Waals surface area contributed by atoms with Crippen LogP contribution < -0.4 is 15.8 Å². The first-order valence-electron chi connectivity index (χ1n) is 5.94. The number of carbonyl (C=O) groups is 1. The molecule has 1 aromatic rings. The summed E-state index contributed by atoms with van der Waals surface area (Å²) in [5, 5.41) is 2.38. The van der Waals surface area contributed by atoms with Gasteiger partial charge in [-0.2, -0.15) is 4.72 Å². The van der Waals surface area contributed by atoms with Gasteiger partial charge < -0.3 is 11.1 Å². The minimum atomic E-state index is -3.83. The van der Waals surface area contributed by atoms with Crippen LogP contribution in [0.2, 0.25) is 0 Å². The summed E-state index contributed by atoms with van der Waals surface area (Å²) in [6.45, 7) is 1.60. The highest BCUT2D eigenvalue weighted by molar-refractivity contribution is 7.89. The van der Waals surface area contributed by atoms with Crippen molar-refractivity contribution < 1.29 is 13.2 Å². The largest absolute Gasteiger partial charge is 0.358 e. The van der Waals surface area contributed by atoms with Crippen molar-refractivity contribution in [2.24, 2.45) is 5.73 Å². The van der Waals surface area contributed by atoms with Gasteiger partial charge in [0.2, 0.25) is 15.9 Å². The Labute approximate surface area is 118 Å². The number of hydrogen-bond donors (Lipinski definition) is 3. The number of nitrogens with two attached hydrogens (primary N) is 1. The molecule has 0 radical (unpaired) electrons. The van der Waals surface area contributed by atoms with Crippen LogP contribution in [0.5, 0.6) is 0 Å². The molecule has 0 fully saturated rings. The Balaban J connectivity index is 3.13. The molecule has 0 heterocycles. The average Bonchev–Trinajstić information content (AvgIpc) is 2.43. The molecule has 0 spiro atoms. The van der Waals surface area contributed by atoms with Gasteiger partial charge in [-0.25, -0.2) is 8.42 Å². The maximum atomic E-state index is 12.3.